The molecule has 1 saturated heterocycles. The Hall–Kier alpha value is -2.68. The molecule has 1 aromatic heterocycles. The lowest BCUT2D eigenvalue weighted by atomic mass is 9.81. The minimum atomic E-state index is -0.983. The fraction of sp³-hybridized carbons (Fsp3) is 0.368. The molecule has 6 nitrogen and oxygen atoms in total. The summed E-state index contributed by atoms with van der Waals surface area (Å²) in [5, 5.41) is 4.41. The van der Waals surface area contributed by atoms with Gasteiger partial charge in [0, 0.05) is 10.9 Å². The predicted octanol–water partition coefficient (Wildman–Crippen LogP) is 3.20. The zero-order valence-electron chi connectivity index (χ0n) is 14.8. The zero-order valence-corrected chi connectivity index (χ0v) is 15.6. The number of imide groups is 1. The molecule has 0 radical (unpaired) electrons. The Morgan fingerprint density at radius 3 is 2.46 bits per heavy atom. The Kier molecular flexibility index (Phi) is 4.92. The van der Waals surface area contributed by atoms with Crippen LogP contribution in [0.2, 0.25) is 0 Å². The normalized spacial score (nSPS) is 21.7. The van der Waals surface area contributed by atoms with Crippen molar-refractivity contribution in [2.24, 2.45) is 11.8 Å². The molecule has 9 heteroatoms. The van der Waals surface area contributed by atoms with Gasteiger partial charge in [0.1, 0.15) is 6.54 Å². The second kappa shape index (κ2) is 7.38. The molecule has 146 valence electrons. The number of benzene rings is 1. The average Bonchev–Trinajstić information content (AvgIpc) is 3.23. The quantitative estimate of drug-likeness (QED) is 0.793. The molecule has 2 aliphatic rings. The summed E-state index contributed by atoms with van der Waals surface area (Å²) in [5.74, 6) is -3.59. The second-order valence-electron chi connectivity index (χ2n) is 6.98. The Bertz CT molecular complexity index is 938. The van der Waals surface area contributed by atoms with Crippen LogP contribution < -0.4 is 5.32 Å². The third-order valence-electron chi connectivity index (χ3n) is 5.20. The van der Waals surface area contributed by atoms with Gasteiger partial charge in [-0.05, 0) is 31.0 Å². The van der Waals surface area contributed by atoms with E-state index in [4.69, 9.17) is 0 Å². The van der Waals surface area contributed by atoms with Gasteiger partial charge in [0.15, 0.2) is 16.8 Å². The van der Waals surface area contributed by atoms with Crippen molar-refractivity contribution in [1.82, 2.24) is 9.88 Å². The lowest BCUT2D eigenvalue weighted by Crippen LogP contribution is -2.38. The Labute approximate surface area is 163 Å². The van der Waals surface area contributed by atoms with Gasteiger partial charge in [0.25, 0.3) is 0 Å². The summed E-state index contributed by atoms with van der Waals surface area (Å²) in [6, 6.07) is 3.42. The number of carbonyl (C=O) groups excluding carboxylic acids is 3. The summed E-state index contributed by atoms with van der Waals surface area (Å²) in [6.45, 7) is -0.343. The molecule has 2 fully saturated rings. The maximum Gasteiger partial charge on any atom is 0.246 e. The highest BCUT2D eigenvalue weighted by molar-refractivity contribution is 7.14. The lowest BCUT2D eigenvalue weighted by Gasteiger charge is -2.19. The molecule has 0 bridgehead atoms. The van der Waals surface area contributed by atoms with Crippen LogP contribution >= 0.6 is 11.3 Å². The number of amides is 3. The molecule has 0 unspecified atom stereocenters. The van der Waals surface area contributed by atoms with Gasteiger partial charge in [-0.25, -0.2) is 13.8 Å². The minimum absolute atomic E-state index is 0.251. The van der Waals surface area contributed by atoms with Gasteiger partial charge >= 0.3 is 0 Å². The summed E-state index contributed by atoms with van der Waals surface area (Å²) in [5.41, 5.74) is 0.767. The van der Waals surface area contributed by atoms with Gasteiger partial charge < -0.3 is 5.32 Å². The second-order valence-corrected chi connectivity index (χ2v) is 7.83. The largest absolute Gasteiger partial charge is 0.300 e. The maximum atomic E-state index is 13.4. The van der Waals surface area contributed by atoms with Gasteiger partial charge in [-0.1, -0.05) is 12.8 Å². The Balaban J connectivity index is 1.42. The predicted molar refractivity (Wildman–Crippen MR) is 98.3 cm³/mol. The molecule has 1 N–H and O–H groups in total. The topological polar surface area (TPSA) is 79.4 Å². The van der Waals surface area contributed by atoms with E-state index in [0.717, 1.165) is 41.2 Å². The van der Waals surface area contributed by atoms with Crippen LogP contribution in [0.3, 0.4) is 0 Å². The highest BCUT2D eigenvalue weighted by Crippen LogP contribution is 2.38. The molecule has 1 aliphatic heterocycles. The zero-order chi connectivity index (χ0) is 19.8. The van der Waals surface area contributed by atoms with Gasteiger partial charge in [-0.2, -0.15) is 0 Å². The van der Waals surface area contributed by atoms with Crippen molar-refractivity contribution < 1.29 is 23.2 Å². The van der Waals surface area contributed by atoms with Crippen LogP contribution in [0.5, 0.6) is 0 Å². The third-order valence-corrected chi connectivity index (χ3v) is 5.96. The first-order chi connectivity index (χ1) is 13.4. The molecule has 2 heterocycles. The summed E-state index contributed by atoms with van der Waals surface area (Å²) in [7, 11) is 0. The van der Waals surface area contributed by atoms with Crippen LogP contribution in [0.4, 0.5) is 13.9 Å². The third kappa shape index (κ3) is 3.42. The van der Waals surface area contributed by atoms with Crippen LogP contribution in [-0.2, 0) is 14.4 Å². The first-order valence-corrected chi connectivity index (χ1v) is 9.88. The minimum Gasteiger partial charge on any atom is -0.300 e. The van der Waals surface area contributed by atoms with Crippen LogP contribution in [0, 0.1) is 23.5 Å². The fourth-order valence-corrected chi connectivity index (χ4v) is 4.54. The number of fused-ring (bicyclic) bond motifs is 1. The van der Waals surface area contributed by atoms with E-state index >= 15 is 0 Å². The van der Waals surface area contributed by atoms with E-state index in [0.29, 0.717) is 24.1 Å². The lowest BCUT2D eigenvalue weighted by molar-refractivity contribution is -0.142. The maximum absolute atomic E-state index is 13.4. The van der Waals surface area contributed by atoms with Crippen LogP contribution in [0.15, 0.2) is 23.6 Å². The molecule has 3 amide bonds. The number of carbonyl (C=O) groups is 3. The highest BCUT2D eigenvalue weighted by Gasteiger charge is 2.48. The molecule has 0 spiro atoms. The van der Waals surface area contributed by atoms with Gasteiger partial charge in [-0.3, -0.25) is 19.3 Å². The summed E-state index contributed by atoms with van der Waals surface area (Å²) >= 11 is 1.11. The van der Waals surface area contributed by atoms with E-state index in [-0.39, 0.29) is 35.3 Å². The SMILES string of the molecule is O=C(CN1C(=O)[C@H]2CCCC[C@@H]2C1=O)Nc1nc(-c2ccc(F)c(F)c2)cs1. The molecule has 1 saturated carbocycles. The molecule has 28 heavy (non-hydrogen) atoms. The average molecular weight is 405 g/mol. The van der Waals surface area contributed by atoms with Crippen molar-refractivity contribution in [2.45, 2.75) is 25.7 Å². The van der Waals surface area contributed by atoms with Gasteiger partial charge in [-0.15, -0.1) is 11.3 Å². The monoisotopic (exact) mass is 405 g/mol. The van der Waals surface area contributed by atoms with Gasteiger partial charge in [0.2, 0.25) is 17.7 Å². The molecule has 1 aliphatic carbocycles. The van der Waals surface area contributed by atoms with Crippen molar-refractivity contribution in [2.75, 3.05) is 11.9 Å². The number of halogens is 2. The molecule has 1 aromatic carbocycles. The van der Waals surface area contributed by atoms with Crippen LogP contribution in [0.25, 0.3) is 11.3 Å². The first kappa shape index (κ1) is 18.7. The highest BCUT2D eigenvalue weighted by atomic mass is 32.1. The Morgan fingerprint density at radius 2 is 1.82 bits per heavy atom. The number of rotatable bonds is 4. The summed E-state index contributed by atoms with van der Waals surface area (Å²) in [4.78, 5) is 42.4. The summed E-state index contributed by atoms with van der Waals surface area (Å²) < 4.78 is 26.4. The van der Waals surface area contributed by atoms with Crippen molar-refractivity contribution in [3.8, 4) is 11.3 Å². The summed E-state index contributed by atoms with van der Waals surface area (Å²) in [6.07, 6.45) is 3.23. The van der Waals surface area contributed by atoms with Crippen molar-refractivity contribution in [1.29, 1.82) is 0 Å². The van der Waals surface area contributed by atoms with E-state index in [1.807, 2.05) is 0 Å². The van der Waals surface area contributed by atoms with E-state index in [2.05, 4.69) is 10.3 Å². The standard InChI is InChI=1S/C19H17F2N3O3S/c20-13-6-5-10(7-14(13)21)15-9-28-19(22-15)23-16(25)8-24-17(26)11-3-1-2-4-12(11)18(24)27/h5-7,9,11-12H,1-4,8H2,(H,22,23,25)/t11-,12-/m0/s1. The molecular weight excluding hydrogens is 388 g/mol. The number of anilines is 1. The number of nitrogens with zero attached hydrogens (tertiary/aromatic N) is 2. The molecule has 4 rings (SSSR count). The number of hydrogen-bond donors (Lipinski definition) is 1. The van der Waals surface area contributed by atoms with E-state index in [9.17, 15) is 23.2 Å². The first-order valence-electron chi connectivity index (χ1n) is 9.00. The van der Waals surface area contributed by atoms with E-state index < -0.39 is 17.5 Å². The van der Waals surface area contributed by atoms with Crippen LogP contribution in [-0.4, -0.2) is 34.2 Å². The number of aromatic nitrogens is 1. The number of hydrogen-bond acceptors (Lipinski definition) is 5. The van der Waals surface area contributed by atoms with Crippen molar-refractivity contribution in [3.05, 3.63) is 35.2 Å². The van der Waals surface area contributed by atoms with Gasteiger partial charge in [0.05, 0.1) is 17.5 Å². The van der Waals surface area contributed by atoms with E-state index in [1.54, 1.807) is 5.38 Å². The van der Waals surface area contributed by atoms with Crippen molar-refractivity contribution in [3.63, 3.8) is 0 Å². The fourth-order valence-electron chi connectivity index (χ4n) is 3.81. The molecule has 2 atom stereocenters. The van der Waals surface area contributed by atoms with Crippen molar-refractivity contribution >= 4 is 34.2 Å². The van der Waals surface area contributed by atoms with Crippen LogP contribution in [0.1, 0.15) is 25.7 Å². The number of nitrogens with one attached hydrogen (secondary N) is 1. The smallest absolute Gasteiger partial charge is 0.246 e. The number of thiazole rings is 1. The number of likely N-dealkylation sites (tertiary alicyclic amines) is 1. The molecular formula is C19H17F2N3O3S. The molecule has 2 aromatic rings. The Morgan fingerprint density at radius 1 is 1.14 bits per heavy atom. The van der Waals surface area contributed by atoms with E-state index in [1.165, 1.54) is 6.07 Å².